The Hall–Kier alpha value is -4.15. The second-order valence-corrected chi connectivity index (χ2v) is 12.5. The molecule has 1 aromatic heterocycles. The molecule has 0 unspecified atom stereocenters. The molecule has 0 bridgehead atoms. The minimum absolute atomic E-state index is 0.000203. The Kier molecular flexibility index (Phi) is 8.41. The zero-order valence-electron chi connectivity index (χ0n) is 22.8. The molecule has 0 aliphatic heterocycles. The number of thiophene rings is 1. The summed E-state index contributed by atoms with van der Waals surface area (Å²) in [6.45, 7) is 0.000203. The number of amides is 1. The average molecular weight is 591 g/mol. The molecule has 8 nitrogen and oxygen atoms in total. The first kappa shape index (κ1) is 28.4. The number of nitrogens with zero attached hydrogens (tertiary/aromatic N) is 1. The van der Waals surface area contributed by atoms with Gasteiger partial charge in [0.15, 0.2) is 0 Å². The van der Waals surface area contributed by atoms with Crippen molar-refractivity contribution < 1.29 is 27.5 Å². The minimum atomic E-state index is -4.11. The molecule has 212 valence electrons. The van der Waals surface area contributed by atoms with Crippen molar-refractivity contribution in [1.82, 2.24) is 0 Å². The zero-order chi connectivity index (χ0) is 29.0. The van der Waals surface area contributed by atoms with Gasteiger partial charge in [0.25, 0.3) is 15.9 Å². The van der Waals surface area contributed by atoms with Gasteiger partial charge in [0.2, 0.25) is 0 Å². The van der Waals surface area contributed by atoms with Crippen molar-refractivity contribution in [2.75, 3.05) is 23.8 Å². The van der Waals surface area contributed by atoms with Crippen molar-refractivity contribution in [3.63, 3.8) is 0 Å². The Balaban J connectivity index is 1.57. The van der Waals surface area contributed by atoms with Gasteiger partial charge in [-0.25, -0.2) is 13.2 Å². The standard InChI is InChI=1S/C31H30N2O6S2/c1-38-22-16-18-23(19-17-22)41(36,37)33(20-21-10-4-3-5-11-21)26-14-8-6-12-24(26)29(34)32-30-28(31(35)39-2)25-13-7-9-15-27(25)40-30/h3-6,8,10-12,14,16-19H,7,9,13,15,20H2,1-2H3,(H,32,34). The van der Waals surface area contributed by atoms with E-state index in [1.165, 1.54) is 42.0 Å². The van der Waals surface area contributed by atoms with Crippen molar-refractivity contribution in [2.24, 2.45) is 0 Å². The van der Waals surface area contributed by atoms with Crippen LogP contribution in [0.25, 0.3) is 0 Å². The lowest BCUT2D eigenvalue weighted by Crippen LogP contribution is -2.32. The van der Waals surface area contributed by atoms with E-state index in [-0.39, 0.29) is 22.7 Å². The van der Waals surface area contributed by atoms with Gasteiger partial charge in [-0.05, 0) is 73.2 Å². The van der Waals surface area contributed by atoms with Crippen LogP contribution in [-0.4, -0.2) is 34.5 Å². The normalized spacial score (nSPS) is 12.7. The van der Waals surface area contributed by atoms with E-state index in [4.69, 9.17) is 9.47 Å². The average Bonchev–Trinajstić information content (AvgIpc) is 3.37. The van der Waals surface area contributed by atoms with Gasteiger partial charge in [0.1, 0.15) is 10.8 Å². The number of rotatable bonds is 9. The molecule has 1 aliphatic carbocycles. The number of para-hydroxylation sites is 1. The summed E-state index contributed by atoms with van der Waals surface area (Å²) in [5.41, 5.74) is 2.42. The highest BCUT2D eigenvalue weighted by molar-refractivity contribution is 7.92. The van der Waals surface area contributed by atoms with E-state index in [0.717, 1.165) is 41.7 Å². The number of carbonyl (C=O) groups excluding carboxylic acids is 2. The number of anilines is 2. The van der Waals surface area contributed by atoms with Gasteiger partial charge in [0, 0.05) is 4.88 Å². The molecule has 1 N–H and O–H groups in total. The van der Waals surface area contributed by atoms with E-state index in [1.807, 2.05) is 30.3 Å². The maximum absolute atomic E-state index is 14.1. The first-order chi connectivity index (χ1) is 19.8. The van der Waals surface area contributed by atoms with E-state index in [0.29, 0.717) is 16.3 Å². The number of hydrogen-bond donors (Lipinski definition) is 1. The van der Waals surface area contributed by atoms with Gasteiger partial charge in [-0.1, -0.05) is 42.5 Å². The van der Waals surface area contributed by atoms with Gasteiger partial charge >= 0.3 is 5.97 Å². The molecule has 1 aliphatic rings. The van der Waals surface area contributed by atoms with Crippen LogP contribution < -0.4 is 14.4 Å². The van der Waals surface area contributed by atoms with E-state index in [2.05, 4.69) is 5.32 Å². The summed E-state index contributed by atoms with van der Waals surface area (Å²) in [6, 6.07) is 21.9. The quantitative estimate of drug-likeness (QED) is 0.238. The van der Waals surface area contributed by atoms with Gasteiger partial charge in [-0.3, -0.25) is 9.10 Å². The fraction of sp³-hybridized carbons (Fsp3) is 0.226. The number of hydrogen-bond acceptors (Lipinski definition) is 7. The third kappa shape index (κ3) is 5.84. The van der Waals surface area contributed by atoms with Gasteiger partial charge in [-0.2, -0.15) is 0 Å². The van der Waals surface area contributed by atoms with Crippen molar-refractivity contribution in [3.05, 3.63) is 106 Å². The summed E-state index contributed by atoms with van der Waals surface area (Å²) >= 11 is 1.37. The monoisotopic (exact) mass is 590 g/mol. The van der Waals surface area contributed by atoms with Gasteiger partial charge in [0.05, 0.1) is 42.5 Å². The highest BCUT2D eigenvalue weighted by atomic mass is 32.2. The van der Waals surface area contributed by atoms with Crippen molar-refractivity contribution in [1.29, 1.82) is 0 Å². The van der Waals surface area contributed by atoms with Crippen molar-refractivity contribution in [2.45, 2.75) is 37.1 Å². The number of nitrogens with one attached hydrogen (secondary N) is 1. The Morgan fingerprint density at radius 2 is 1.59 bits per heavy atom. The number of fused-ring (bicyclic) bond motifs is 1. The van der Waals surface area contributed by atoms with Crippen molar-refractivity contribution >= 4 is 43.9 Å². The first-order valence-corrected chi connectivity index (χ1v) is 15.4. The molecule has 0 atom stereocenters. The molecule has 5 rings (SSSR count). The largest absolute Gasteiger partial charge is 0.497 e. The predicted molar refractivity (Wildman–Crippen MR) is 160 cm³/mol. The fourth-order valence-electron chi connectivity index (χ4n) is 4.95. The molecule has 4 aromatic rings. The van der Waals surface area contributed by atoms with Crippen LogP contribution in [0.4, 0.5) is 10.7 Å². The molecular weight excluding hydrogens is 560 g/mol. The summed E-state index contributed by atoms with van der Waals surface area (Å²) in [7, 11) is -1.28. The Morgan fingerprint density at radius 1 is 0.902 bits per heavy atom. The van der Waals surface area contributed by atoms with Crippen LogP contribution in [-0.2, 0) is 34.1 Å². The van der Waals surface area contributed by atoms with E-state index in [1.54, 1.807) is 36.4 Å². The molecule has 1 amide bonds. The third-order valence-electron chi connectivity index (χ3n) is 7.02. The Morgan fingerprint density at radius 3 is 2.29 bits per heavy atom. The number of methoxy groups -OCH3 is 2. The Labute approximate surface area is 243 Å². The Bertz CT molecular complexity index is 1660. The van der Waals surface area contributed by atoms with E-state index in [9.17, 15) is 18.0 Å². The van der Waals surface area contributed by atoms with Crippen LogP contribution in [0.2, 0.25) is 0 Å². The number of sulfonamides is 1. The van der Waals surface area contributed by atoms with Crippen LogP contribution >= 0.6 is 11.3 Å². The fourth-order valence-corrected chi connectivity index (χ4v) is 7.69. The molecule has 0 saturated heterocycles. The topological polar surface area (TPSA) is 102 Å². The number of ether oxygens (including phenoxy) is 2. The third-order valence-corrected chi connectivity index (χ3v) is 10.0. The van der Waals surface area contributed by atoms with Crippen LogP contribution in [0.15, 0.2) is 83.8 Å². The SMILES string of the molecule is COC(=O)c1c(NC(=O)c2ccccc2N(Cc2ccccc2)S(=O)(=O)c2ccc(OC)cc2)sc2c1CCCC2. The first-order valence-electron chi connectivity index (χ1n) is 13.2. The van der Waals surface area contributed by atoms with Crippen LogP contribution in [0, 0.1) is 0 Å². The second-order valence-electron chi connectivity index (χ2n) is 9.55. The van der Waals surface area contributed by atoms with Gasteiger partial charge in [-0.15, -0.1) is 11.3 Å². The molecule has 0 spiro atoms. The molecular formula is C31H30N2O6S2. The lowest BCUT2D eigenvalue weighted by molar-refractivity contribution is 0.0601. The maximum Gasteiger partial charge on any atom is 0.341 e. The van der Waals surface area contributed by atoms with E-state index < -0.39 is 21.9 Å². The van der Waals surface area contributed by atoms with Crippen molar-refractivity contribution in [3.8, 4) is 5.75 Å². The lowest BCUT2D eigenvalue weighted by atomic mass is 9.95. The lowest BCUT2D eigenvalue weighted by Gasteiger charge is -2.26. The van der Waals surface area contributed by atoms with Gasteiger partial charge < -0.3 is 14.8 Å². The van der Waals surface area contributed by atoms with Crippen LogP contribution in [0.1, 0.15) is 49.6 Å². The minimum Gasteiger partial charge on any atom is -0.497 e. The second kappa shape index (κ2) is 12.2. The summed E-state index contributed by atoms with van der Waals surface area (Å²) < 4.78 is 39.6. The van der Waals surface area contributed by atoms with Crippen LogP contribution in [0.5, 0.6) is 5.75 Å². The number of aryl methyl sites for hydroxylation is 1. The van der Waals surface area contributed by atoms with E-state index >= 15 is 0 Å². The number of carbonyl (C=O) groups is 2. The number of esters is 1. The molecule has 3 aromatic carbocycles. The molecule has 1 heterocycles. The summed E-state index contributed by atoms with van der Waals surface area (Å²) in [6.07, 6.45) is 3.55. The zero-order valence-corrected chi connectivity index (χ0v) is 24.4. The number of benzene rings is 3. The van der Waals surface area contributed by atoms with Crippen LogP contribution in [0.3, 0.4) is 0 Å². The summed E-state index contributed by atoms with van der Waals surface area (Å²) in [5, 5.41) is 3.32. The molecule has 0 fully saturated rings. The smallest absolute Gasteiger partial charge is 0.341 e. The molecule has 0 saturated carbocycles. The summed E-state index contributed by atoms with van der Waals surface area (Å²) in [4.78, 5) is 27.7. The highest BCUT2D eigenvalue weighted by Crippen LogP contribution is 2.39. The maximum atomic E-state index is 14.1. The molecule has 0 radical (unpaired) electrons. The molecule has 41 heavy (non-hydrogen) atoms. The predicted octanol–water partition coefficient (Wildman–Crippen LogP) is 6.07. The summed E-state index contributed by atoms with van der Waals surface area (Å²) in [5.74, 6) is -0.494. The molecule has 10 heteroatoms. The highest BCUT2D eigenvalue weighted by Gasteiger charge is 2.31.